The lowest BCUT2D eigenvalue weighted by Crippen LogP contribution is -2.36. The van der Waals surface area contributed by atoms with Crippen LogP contribution in [-0.4, -0.2) is 43.9 Å². The third-order valence-electron chi connectivity index (χ3n) is 6.38. The van der Waals surface area contributed by atoms with E-state index in [0.717, 1.165) is 42.7 Å². The lowest BCUT2D eigenvalue weighted by Gasteiger charge is -2.29. The van der Waals surface area contributed by atoms with E-state index >= 15 is 0 Å². The van der Waals surface area contributed by atoms with E-state index in [1.165, 1.54) is 6.20 Å². The Bertz CT molecular complexity index is 1400. The van der Waals surface area contributed by atoms with Gasteiger partial charge in [0.2, 0.25) is 0 Å². The van der Waals surface area contributed by atoms with Crippen molar-refractivity contribution in [3.05, 3.63) is 76.3 Å². The maximum absolute atomic E-state index is 10.5. The molecule has 1 fully saturated rings. The lowest BCUT2D eigenvalue weighted by atomic mass is 9.92. The predicted molar refractivity (Wildman–Crippen MR) is 142 cm³/mol. The second-order valence-corrected chi connectivity index (χ2v) is 9.55. The van der Waals surface area contributed by atoms with E-state index in [2.05, 4.69) is 36.2 Å². The van der Waals surface area contributed by atoms with Crippen molar-refractivity contribution >= 4 is 44.7 Å². The third kappa shape index (κ3) is 4.98. The Morgan fingerprint density at radius 3 is 2.75 bits per heavy atom. The number of aromatic nitrogens is 4. The van der Waals surface area contributed by atoms with E-state index in [1.807, 2.05) is 53.4 Å². The van der Waals surface area contributed by atoms with Crippen LogP contribution in [0.3, 0.4) is 0 Å². The van der Waals surface area contributed by atoms with Gasteiger partial charge >= 0.3 is 0 Å². The summed E-state index contributed by atoms with van der Waals surface area (Å²) in [5.74, 6) is 2.38. The standard InChI is InChI=1S/C26H26BrN7O2/c1-28-25-15-29-26-20(14-23(32-34(25)26)30-19-6-3-4-7-21(19)35)33(24-9-5-8-22(27)31-24)16-17-10-12-18(36-2)13-11-17/h5,8-15,19,21,35H,3-4,6-7,16H2,2H3,(H,30,32)/t19-,21-/m1/s1. The number of aliphatic hydroxyl groups is 1. The van der Waals surface area contributed by atoms with E-state index < -0.39 is 6.10 Å². The SMILES string of the molecule is [C-]#[N+]c1cnc2c(N(Cc3ccc(OC)cc3)c3cccc(Br)n3)cc(N[C@@H]3CCCC[C@H]3O)nn12. The summed E-state index contributed by atoms with van der Waals surface area (Å²) in [6.45, 7) is 8.10. The Hall–Kier alpha value is -3.68. The third-order valence-corrected chi connectivity index (χ3v) is 6.82. The van der Waals surface area contributed by atoms with Crippen molar-refractivity contribution in [2.75, 3.05) is 17.3 Å². The van der Waals surface area contributed by atoms with E-state index in [9.17, 15) is 5.11 Å². The minimum absolute atomic E-state index is 0.101. The van der Waals surface area contributed by atoms with E-state index in [4.69, 9.17) is 16.3 Å². The summed E-state index contributed by atoms with van der Waals surface area (Å²) in [7, 11) is 1.64. The Labute approximate surface area is 217 Å². The molecular weight excluding hydrogens is 522 g/mol. The molecule has 0 amide bonds. The van der Waals surface area contributed by atoms with Crippen molar-refractivity contribution in [3.63, 3.8) is 0 Å². The molecule has 1 aromatic carbocycles. The van der Waals surface area contributed by atoms with E-state index in [-0.39, 0.29) is 6.04 Å². The zero-order valence-corrected chi connectivity index (χ0v) is 21.4. The highest BCUT2D eigenvalue weighted by atomic mass is 79.9. The number of hydrogen-bond acceptors (Lipinski definition) is 7. The number of pyridine rings is 1. The molecule has 5 rings (SSSR count). The molecular formula is C26H26BrN7O2. The number of anilines is 3. The number of rotatable bonds is 7. The number of methoxy groups -OCH3 is 1. The quantitative estimate of drug-likeness (QED) is 0.233. The first-order valence-corrected chi connectivity index (χ1v) is 12.6. The number of aliphatic hydroxyl groups excluding tert-OH is 1. The molecule has 10 heteroatoms. The van der Waals surface area contributed by atoms with Crippen LogP contribution in [0.1, 0.15) is 31.2 Å². The minimum Gasteiger partial charge on any atom is -0.497 e. The smallest absolute Gasteiger partial charge is 0.275 e. The molecule has 0 radical (unpaired) electrons. The number of benzene rings is 1. The highest BCUT2D eigenvalue weighted by Gasteiger charge is 2.26. The molecule has 1 aliphatic carbocycles. The van der Waals surface area contributed by atoms with Gasteiger partial charge in [-0.15, -0.1) is 4.52 Å². The number of imidazole rings is 1. The second-order valence-electron chi connectivity index (χ2n) is 8.73. The minimum atomic E-state index is -0.440. The normalized spacial score (nSPS) is 17.5. The molecule has 0 aliphatic heterocycles. The summed E-state index contributed by atoms with van der Waals surface area (Å²) in [4.78, 5) is 14.9. The summed E-state index contributed by atoms with van der Waals surface area (Å²) < 4.78 is 7.58. The van der Waals surface area contributed by atoms with Crippen molar-refractivity contribution in [2.45, 2.75) is 44.4 Å². The fourth-order valence-corrected chi connectivity index (χ4v) is 4.84. The van der Waals surface area contributed by atoms with Gasteiger partial charge in [-0.3, -0.25) is 0 Å². The average Bonchev–Trinajstić information content (AvgIpc) is 3.32. The van der Waals surface area contributed by atoms with Gasteiger partial charge in [0.1, 0.15) is 21.9 Å². The summed E-state index contributed by atoms with van der Waals surface area (Å²) in [6.07, 6.45) is 4.77. The molecule has 9 nitrogen and oxygen atoms in total. The molecule has 0 saturated heterocycles. The van der Waals surface area contributed by atoms with Crippen LogP contribution in [0.15, 0.2) is 59.3 Å². The summed E-state index contributed by atoms with van der Waals surface area (Å²) in [6, 6.07) is 15.4. The van der Waals surface area contributed by atoms with Gasteiger partial charge in [0.25, 0.3) is 11.5 Å². The molecule has 184 valence electrons. The van der Waals surface area contributed by atoms with Crippen LogP contribution in [0.5, 0.6) is 5.75 Å². The molecule has 4 aromatic rings. The van der Waals surface area contributed by atoms with Crippen LogP contribution in [-0.2, 0) is 6.54 Å². The average molecular weight is 548 g/mol. The number of nitrogens with one attached hydrogen (secondary N) is 1. The van der Waals surface area contributed by atoms with Gasteiger partial charge in [-0.25, -0.2) is 9.97 Å². The zero-order chi connectivity index (χ0) is 25.1. The number of ether oxygens (including phenoxy) is 1. The van der Waals surface area contributed by atoms with E-state index in [0.29, 0.717) is 34.2 Å². The molecule has 2 N–H and O–H groups in total. The van der Waals surface area contributed by atoms with Crippen molar-refractivity contribution in [3.8, 4) is 5.75 Å². The van der Waals surface area contributed by atoms with Gasteiger partial charge in [0.15, 0.2) is 5.82 Å². The maximum atomic E-state index is 10.5. The first-order valence-electron chi connectivity index (χ1n) is 11.8. The van der Waals surface area contributed by atoms with Crippen molar-refractivity contribution in [2.24, 2.45) is 0 Å². The molecule has 0 unspecified atom stereocenters. The topological polar surface area (TPSA) is 92.2 Å². The molecule has 1 saturated carbocycles. The summed E-state index contributed by atoms with van der Waals surface area (Å²) in [5, 5.41) is 18.6. The molecule has 3 heterocycles. The van der Waals surface area contributed by atoms with Crippen LogP contribution in [0, 0.1) is 6.57 Å². The van der Waals surface area contributed by atoms with Gasteiger partial charge in [-0.05, 0) is 58.6 Å². The van der Waals surface area contributed by atoms with Gasteiger partial charge < -0.3 is 24.9 Å². The highest BCUT2D eigenvalue weighted by Crippen LogP contribution is 2.34. The van der Waals surface area contributed by atoms with Crippen LogP contribution in [0.4, 0.5) is 23.1 Å². The Balaban J connectivity index is 1.62. The fraction of sp³-hybridized carbons (Fsp3) is 0.308. The maximum Gasteiger partial charge on any atom is 0.275 e. The Morgan fingerprint density at radius 2 is 2.03 bits per heavy atom. The van der Waals surface area contributed by atoms with Crippen LogP contribution < -0.4 is 15.0 Å². The molecule has 2 atom stereocenters. The van der Waals surface area contributed by atoms with Crippen molar-refractivity contribution in [1.29, 1.82) is 0 Å². The number of halogens is 1. The Morgan fingerprint density at radius 1 is 1.22 bits per heavy atom. The Kier molecular flexibility index (Phi) is 7.02. The predicted octanol–water partition coefficient (Wildman–Crippen LogP) is 5.50. The first-order chi connectivity index (χ1) is 17.6. The second kappa shape index (κ2) is 10.5. The number of hydrogen-bond donors (Lipinski definition) is 2. The van der Waals surface area contributed by atoms with Crippen molar-refractivity contribution < 1.29 is 9.84 Å². The fourth-order valence-electron chi connectivity index (χ4n) is 4.51. The van der Waals surface area contributed by atoms with E-state index in [1.54, 1.807) is 11.6 Å². The van der Waals surface area contributed by atoms with Gasteiger partial charge in [0, 0.05) is 12.6 Å². The number of fused-ring (bicyclic) bond motifs is 1. The van der Waals surface area contributed by atoms with Gasteiger partial charge in [0.05, 0.1) is 25.5 Å². The molecule has 1 aliphatic rings. The van der Waals surface area contributed by atoms with Crippen LogP contribution in [0.2, 0.25) is 0 Å². The first kappa shape index (κ1) is 24.0. The highest BCUT2D eigenvalue weighted by molar-refractivity contribution is 9.10. The van der Waals surface area contributed by atoms with Crippen molar-refractivity contribution in [1.82, 2.24) is 19.6 Å². The molecule has 0 spiro atoms. The zero-order valence-electron chi connectivity index (χ0n) is 19.8. The largest absolute Gasteiger partial charge is 0.497 e. The van der Waals surface area contributed by atoms with Crippen LogP contribution in [0.25, 0.3) is 10.5 Å². The summed E-state index contributed by atoms with van der Waals surface area (Å²) >= 11 is 3.49. The lowest BCUT2D eigenvalue weighted by molar-refractivity contribution is 0.116. The van der Waals surface area contributed by atoms with Gasteiger partial charge in [-0.2, -0.15) is 0 Å². The molecule has 36 heavy (non-hydrogen) atoms. The van der Waals surface area contributed by atoms with Gasteiger partial charge in [-0.1, -0.05) is 42.7 Å². The molecule has 3 aromatic heterocycles. The molecule has 0 bridgehead atoms. The monoisotopic (exact) mass is 547 g/mol. The summed E-state index contributed by atoms with van der Waals surface area (Å²) in [5.41, 5.74) is 2.34. The number of nitrogens with zero attached hydrogens (tertiary/aromatic N) is 6. The van der Waals surface area contributed by atoms with Crippen LogP contribution >= 0.6 is 15.9 Å².